The van der Waals surface area contributed by atoms with Gasteiger partial charge in [-0.1, -0.05) is 47.7 Å². The summed E-state index contributed by atoms with van der Waals surface area (Å²) in [4.78, 5) is 45.4. The van der Waals surface area contributed by atoms with Gasteiger partial charge in [0.1, 0.15) is 6.04 Å². The molecule has 1 aliphatic rings. The third-order valence-corrected chi connectivity index (χ3v) is 8.87. The second-order valence-corrected chi connectivity index (χ2v) is 11.9. The Kier molecular flexibility index (Phi) is 9.59. The number of rotatable bonds is 10. The highest BCUT2D eigenvalue weighted by Crippen LogP contribution is 2.38. The maximum absolute atomic E-state index is 14.0. The van der Waals surface area contributed by atoms with E-state index in [-0.39, 0.29) is 25.4 Å². The molecule has 1 atom stereocenters. The van der Waals surface area contributed by atoms with Crippen LogP contribution in [0.1, 0.15) is 35.9 Å². The Morgan fingerprint density at radius 1 is 1.07 bits per heavy atom. The van der Waals surface area contributed by atoms with Crippen LogP contribution in [0.2, 0.25) is 0 Å². The van der Waals surface area contributed by atoms with Crippen LogP contribution in [0, 0.1) is 0 Å². The molecule has 43 heavy (non-hydrogen) atoms. The molecule has 12 heteroatoms. The lowest BCUT2D eigenvalue weighted by Gasteiger charge is -2.24. The third kappa shape index (κ3) is 6.36. The Balaban J connectivity index is 1.66. The van der Waals surface area contributed by atoms with E-state index in [9.17, 15) is 14.4 Å². The van der Waals surface area contributed by atoms with Crippen molar-refractivity contribution in [1.82, 2.24) is 4.57 Å². The number of methoxy groups -OCH3 is 1. The molecule has 0 radical (unpaired) electrons. The van der Waals surface area contributed by atoms with Gasteiger partial charge in [0.15, 0.2) is 22.9 Å². The number of fused-ring (bicyclic) bond motifs is 1. The van der Waals surface area contributed by atoms with Crippen molar-refractivity contribution in [2.75, 3.05) is 26.9 Å². The Labute approximate surface area is 263 Å². The standard InChI is InChI=1S/C31H27BrN2O7S2/c1-4-39-24(35)17-41-28-20(32)14-18(15-21(28)38-3)16-23-29(36)34-27(22-12-9-13-42-22)25(30(37)40-5-2)26(33-31(34)43-23)19-10-7-6-8-11-19/h6-16,27H,4-5,17H2,1-3H3/b23-16-/t27-/m0/s1. The molecule has 0 unspecified atom stereocenters. The van der Waals surface area contributed by atoms with E-state index in [0.29, 0.717) is 42.1 Å². The normalized spacial score (nSPS) is 14.6. The predicted octanol–water partition coefficient (Wildman–Crippen LogP) is 4.71. The summed E-state index contributed by atoms with van der Waals surface area (Å²) < 4.78 is 24.1. The van der Waals surface area contributed by atoms with Crippen LogP contribution in [0.4, 0.5) is 0 Å². The molecule has 0 spiro atoms. The number of nitrogens with zero attached hydrogens (tertiary/aromatic N) is 2. The molecule has 0 saturated heterocycles. The van der Waals surface area contributed by atoms with Crippen molar-refractivity contribution in [1.29, 1.82) is 0 Å². The summed E-state index contributed by atoms with van der Waals surface area (Å²) in [6.07, 6.45) is 1.73. The zero-order valence-corrected chi connectivity index (χ0v) is 26.7. The first-order valence-electron chi connectivity index (χ1n) is 13.3. The van der Waals surface area contributed by atoms with E-state index >= 15 is 0 Å². The largest absolute Gasteiger partial charge is 0.493 e. The Morgan fingerprint density at radius 2 is 1.84 bits per heavy atom. The van der Waals surface area contributed by atoms with Crippen molar-refractivity contribution in [2.45, 2.75) is 19.9 Å². The van der Waals surface area contributed by atoms with E-state index in [1.165, 1.54) is 29.8 Å². The van der Waals surface area contributed by atoms with Crippen LogP contribution in [-0.4, -0.2) is 43.4 Å². The van der Waals surface area contributed by atoms with E-state index in [4.69, 9.17) is 23.9 Å². The average molecular weight is 684 g/mol. The number of carbonyl (C=O) groups is 2. The molecule has 0 bridgehead atoms. The van der Waals surface area contributed by atoms with Gasteiger partial charge in [-0.15, -0.1) is 11.3 Å². The van der Waals surface area contributed by atoms with Crippen LogP contribution >= 0.6 is 38.6 Å². The molecule has 4 aromatic rings. The highest BCUT2D eigenvalue weighted by Gasteiger charge is 2.35. The minimum Gasteiger partial charge on any atom is -0.493 e. The molecule has 1 aliphatic heterocycles. The number of thiazole rings is 1. The molecule has 0 fully saturated rings. The number of hydrogen-bond acceptors (Lipinski definition) is 10. The molecule has 0 N–H and O–H groups in total. The fraction of sp³-hybridized carbons (Fsp3) is 0.226. The molecule has 5 rings (SSSR count). The minimum atomic E-state index is -0.715. The van der Waals surface area contributed by atoms with Crippen LogP contribution in [0.25, 0.3) is 11.8 Å². The fourth-order valence-corrected chi connectivity index (χ4v) is 7.00. The first-order valence-corrected chi connectivity index (χ1v) is 15.8. The topological polar surface area (TPSA) is 105 Å². The lowest BCUT2D eigenvalue weighted by Crippen LogP contribution is -2.39. The average Bonchev–Trinajstić information content (AvgIpc) is 3.64. The number of ether oxygens (including phenoxy) is 4. The number of benzene rings is 2. The van der Waals surface area contributed by atoms with E-state index in [1.54, 1.807) is 36.6 Å². The molecule has 222 valence electrons. The van der Waals surface area contributed by atoms with E-state index in [1.807, 2.05) is 47.8 Å². The number of thiophene rings is 1. The second-order valence-electron chi connectivity index (χ2n) is 9.07. The fourth-order valence-electron chi connectivity index (χ4n) is 4.60. The Bertz CT molecular complexity index is 1860. The van der Waals surface area contributed by atoms with Crippen LogP contribution in [0.3, 0.4) is 0 Å². The van der Waals surface area contributed by atoms with Crippen LogP contribution < -0.4 is 24.4 Å². The Morgan fingerprint density at radius 3 is 2.51 bits per heavy atom. The molecule has 0 saturated carbocycles. The van der Waals surface area contributed by atoms with Crippen molar-refractivity contribution in [3.05, 3.63) is 106 Å². The van der Waals surface area contributed by atoms with Gasteiger partial charge in [-0.2, -0.15) is 0 Å². The molecule has 0 amide bonds. The van der Waals surface area contributed by atoms with E-state index in [0.717, 1.165) is 10.4 Å². The maximum Gasteiger partial charge on any atom is 0.344 e. The van der Waals surface area contributed by atoms with Gasteiger partial charge in [-0.25, -0.2) is 14.6 Å². The molecule has 2 aromatic carbocycles. The van der Waals surface area contributed by atoms with Gasteiger partial charge in [0, 0.05) is 10.4 Å². The summed E-state index contributed by atoms with van der Waals surface area (Å²) in [5, 5.41) is 1.91. The molecular formula is C31H27BrN2O7S2. The zero-order valence-electron chi connectivity index (χ0n) is 23.5. The summed E-state index contributed by atoms with van der Waals surface area (Å²) in [7, 11) is 1.49. The number of halogens is 1. The van der Waals surface area contributed by atoms with Gasteiger partial charge in [0.2, 0.25) is 0 Å². The summed E-state index contributed by atoms with van der Waals surface area (Å²) in [6, 6.07) is 15.9. The lowest BCUT2D eigenvalue weighted by atomic mass is 9.97. The molecule has 2 aromatic heterocycles. The summed E-state index contributed by atoms with van der Waals surface area (Å²) in [5.41, 5.74) is 1.88. The van der Waals surface area contributed by atoms with Crippen molar-refractivity contribution in [3.63, 3.8) is 0 Å². The van der Waals surface area contributed by atoms with Crippen molar-refractivity contribution >= 4 is 62.3 Å². The first kappa shape index (κ1) is 30.5. The zero-order chi connectivity index (χ0) is 30.5. The summed E-state index contributed by atoms with van der Waals surface area (Å²) in [5.74, 6) is -0.326. The van der Waals surface area contributed by atoms with Gasteiger partial charge >= 0.3 is 11.9 Å². The number of hydrogen-bond donors (Lipinski definition) is 0. The predicted molar refractivity (Wildman–Crippen MR) is 168 cm³/mol. The van der Waals surface area contributed by atoms with E-state index in [2.05, 4.69) is 15.9 Å². The van der Waals surface area contributed by atoms with Gasteiger partial charge in [-0.05, 0) is 65.0 Å². The SMILES string of the molecule is CCOC(=O)COc1c(Br)cc(/C=c2\sc3n(c2=O)[C@@H](c2cccs2)C(C(=O)OCC)=C(c2ccccc2)N=3)cc1OC. The van der Waals surface area contributed by atoms with E-state index < -0.39 is 18.0 Å². The summed E-state index contributed by atoms with van der Waals surface area (Å²) >= 11 is 6.17. The van der Waals surface area contributed by atoms with Gasteiger partial charge in [0.05, 0.1) is 40.6 Å². The molecule has 0 aliphatic carbocycles. The monoisotopic (exact) mass is 682 g/mol. The molecule has 9 nitrogen and oxygen atoms in total. The van der Waals surface area contributed by atoms with Gasteiger partial charge in [0.25, 0.3) is 5.56 Å². The Hall–Kier alpha value is -4.00. The molecule has 3 heterocycles. The van der Waals surface area contributed by atoms with Crippen LogP contribution in [0.15, 0.2) is 79.8 Å². The quantitative estimate of drug-likeness (QED) is 0.223. The highest BCUT2D eigenvalue weighted by molar-refractivity contribution is 9.10. The highest BCUT2D eigenvalue weighted by atomic mass is 79.9. The minimum absolute atomic E-state index is 0.183. The molecular weight excluding hydrogens is 656 g/mol. The first-order chi connectivity index (χ1) is 20.9. The number of esters is 2. The van der Waals surface area contributed by atoms with Crippen molar-refractivity contribution < 1.29 is 28.5 Å². The second kappa shape index (κ2) is 13.5. The summed E-state index contributed by atoms with van der Waals surface area (Å²) in [6.45, 7) is 3.61. The van der Waals surface area contributed by atoms with Crippen LogP contribution in [0.5, 0.6) is 11.5 Å². The third-order valence-electron chi connectivity index (χ3n) is 6.38. The van der Waals surface area contributed by atoms with Crippen molar-refractivity contribution in [3.8, 4) is 11.5 Å². The number of carbonyl (C=O) groups excluding carboxylic acids is 2. The van der Waals surface area contributed by atoms with Gasteiger partial charge < -0.3 is 18.9 Å². The van der Waals surface area contributed by atoms with Gasteiger partial charge in [-0.3, -0.25) is 9.36 Å². The maximum atomic E-state index is 14.0. The van der Waals surface area contributed by atoms with Crippen LogP contribution in [-0.2, 0) is 19.1 Å². The smallest absolute Gasteiger partial charge is 0.344 e. The lowest BCUT2D eigenvalue weighted by molar-refractivity contribution is -0.145. The number of aromatic nitrogens is 1. The van der Waals surface area contributed by atoms with Crippen molar-refractivity contribution in [2.24, 2.45) is 4.99 Å².